The van der Waals surface area contributed by atoms with Crippen LogP contribution in [0.3, 0.4) is 0 Å². The summed E-state index contributed by atoms with van der Waals surface area (Å²) in [6, 6.07) is 12.1. The zero-order valence-electron chi connectivity index (χ0n) is 17.4. The molecule has 0 bridgehead atoms. The minimum Gasteiger partial charge on any atom is -0.451 e. The molecule has 1 atom stereocenters. The molecule has 0 saturated heterocycles. The van der Waals surface area contributed by atoms with Gasteiger partial charge in [0.05, 0.1) is 10.6 Å². The number of alkyl halides is 2. The summed E-state index contributed by atoms with van der Waals surface area (Å²) >= 11 is 11.9. The summed E-state index contributed by atoms with van der Waals surface area (Å²) in [6.45, 7) is 2.11. The van der Waals surface area contributed by atoms with E-state index in [4.69, 9.17) is 27.9 Å². The molecule has 0 N–H and O–H groups in total. The van der Waals surface area contributed by atoms with Crippen molar-refractivity contribution >= 4 is 35.0 Å². The van der Waals surface area contributed by atoms with Gasteiger partial charge in [-0.25, -0.2) is 4.79 Å². The van der Waals surface area contributed by atoms with E-state index in [2.05, 4.69) is 4.74 Å². The molecule has 5 nitrogen and oxygen atoms in total. The molecule has 9 heteroatoms. The zero-order valence-corrected chi connectivity index (χ0v) is 18.9. The lowest BCUT2D eigenvalue weighted by molar-refractivity contribution is -0.0498. The highest BCUT2D eigenvalue weighted by molar-refractivity contribution is 6.35. The lowest BCUT2D eigenvalue weighted by atomic mass is 10.1. The molecule has 0 saturated carbocycles. The Hall–Kier alpha value is -2.90. The first kappa shape index (κ1) is 23.8. The second-order valence-electron chi connectivity index (χ2n) is 7.03. The molecule has 1 unspecified atom stereocenters. The van der Waals surface area contributed by atoms with Crippen LogP contribution in [0.1, 0.15) is 39.0 Å². The monoisotopic (exact) mass is 481 g/mol. The fourth-order valence-corrected chi connectivity index (χ4v) is 3.70. The largest absolute Gasteiger partial charge is 0.451 e. The normalized spacial score (nSPS) is 12.0. The van der Waals surface area contributed by atoms with Gasteiger partial charge in [0, 0.05) is 27.7 Å². The van der Waals surface area contributed by atoms with E-state index in [1.165, 1.54) is 37.3 Å². The van der Waals surface area contributed by atoms with E-state index in [1.54, 1.807) is 36.6 Å². The van der Waals surface area contributed by atoms with E-state index in [0.29, 0.717) is 22.0 Å². The van der Waals surface area contributed by atoms with Gasteiger partial charge in [0.15, 0.2) is 6.10 Å². The summed E-state index contributed by atoms with van der Waals surface area (Å²) in [7, 11) is 0. The zero-order chi connectivity index (χ0) is 23.6. The summed E-state index contributed by atoms with van der Waals surface area (Å²) in [5.41, 5.74) is 2.45. The Bertz CT molecular complexity index is 1160. The van der Waals surface area contributed by atoms with Gasteiger partial charge >= 0.3 is 12.6 Å². The van der Waals surface area contributed by atoms with E-state index in [-0.39, 0.29) is 16.3 Å². The van der Waals surface area contributed by atoms with Crippen LogP contribution < -0.4 is 4.74 Å². The predicted octanol–water partition coefficient (Wildman–Crippen LogP) is 6.43. The van der Waals surface area contributed by atoms with Crippen molar-refractivity contribution in [3.05, 3.63) is 81.1 Å². The molecule has 32 heavy (non-hydrogen) atoms. The van der Waals surface area contributed by atoms with E-state index in [0.717, 1.165) is 5.69 Å². The van der Waals surface area contributed by atoms with Crippen LogP contribution in [0.4, 0.5) is 8.78 Å². The highest BCUT2D eigenvalue weighted by Crippen LogP contribution is 2.26. The van der Waals surface area contributed by atoms with Crippen molar-refractivity contribution in [1.29, 1.82) is 0 Å². The maximum absolute atomic E-state index is 13.0. The van der Waals surface area contributed by atoms with Crippen molar-refractivity contribution in [3.8, 4) is 11.4 Å². The number of esters is 1. The SMILES string of the molecule is Cc1cc(C(=O)C(C)OC(=O)c2cc(Cl)ccc2Cl)c(C)n1-c1ccc(OC(F)F)cc1. The predicted molar refractivity (Wildman–Crippen MR) is 118 cm³/mol. The average molecular weight is 482 g/mol. The maximum Gasteiger partial charge on any atom is 0.387 e. The third-order valence-electron chi connectivity index (χ3n) is 4.82. The van der Waals surface area contributed by atoms with Gasteiger partial charge in [-0.05, 0) is 69.3 Å². The van der Waals surface area contributed by atoms with Crippen LogP contribution in [-0.4, -0.2) is 29.0 Å². The fraction of sp³-hybridized carbons (Fsp3) is 0.217. The van der Waals surface area contributed by atoms with Gasteiger partial charge in [-0.1, -0.05) is 23.2 Å². The van der Waals surface area contributed by atoms with Crippen molar-refractivity contribution in [2.24, 2.45) is 0 Å². The number of aromatic nitrogens is 1. The van der Waals surface area contributed by atoms with Gasteiger partial charge in [0.2, 0.25) is 5.78 Å². The van der Waals surface area contributed by atoms with E-state index < -0.39 is 24.5 Å². The van der Waals surface area contributed by atoms with Crippen LogP contribution in [0.15, 0.2) is 48.5 Å². The number of nitrogens with zero attached hydrogens (tertiary/aromatic N) is 1. The molecular formula is C23H19Cl2F2NO4. The van der Waals surface area contributed by atoms with Crippen LogP contribution in [0.2, 0.25) is 10.0 Å². The number of aryl methyl sites for hydroxylation is 1. The number of ketones is 1. The molecule has 0 spiro atoms. The number of ether oxygens (including phenoxy) is 2. The minimum atomic E-state index is -2.91. The quantitative estimate of drug-likeness (QED) is 0.288. The Balaban J connectivity index is 1.81. The number of Topliss-reactive ketones (excluding diaryl/α,β-unsaturated/α-hetero) is 1. The highest BCUT2D eigenvalue weighted by atomic mass is 35.5. The molecule has 0 aliphatic carbocycles. The highest BCUT2D eigenvalue weighted by Gasteiger charge is 2.25. The third kappa shape index (κ3) is 5.11. The number of hydrogen-bond donors (Lipinski definition) is 0. The summed E-state index contributed by atoms with van der Waals surface area (Å²) in [6.07, 6.45) is -1.08. The number of rotatable bonds is 7. The fourth-order valence-electron chi connectivity index (χ4n) is 3.34. The molecule has 2 aromatic carbocycles. The molecule has 0 fully saturated rings. The summed E-state index contributed by atoms with van der Waals surface area (Å²) in [4.78, 5) is 25.5. The van der Waals surface area contributed by atoms with Crippen molar-refractivity contribution in [2.45, 2.75) is 33.5 Å². The average Bonchev–Trinajstić information content (AvgIpc) is 3.03. The van der Waals surface area contributed by atoms with Crippen LogP contribution in [0.5, 0.6) is 5.75 Å². The smallest absolute Gasteiger partial charge is 0.387 e. The van der Waals surface area contributed by atoms with Crippen molar-refractivity contribution in [3.63, 3.8) is 0 Å². The van der Waals surface area contributed by atoms with Crippen molar-refractivity contribution < 1.29 is 27.8 Å². The molecule has 3 rings (SSSR count). The van der Waals surface area contributed by atoms with Crippen LogP contribution in [0, 0.1) is 13.8 Å². The summed E-state index contributed by atoms with van der Waals surface area (Å²) in [5, 5.41) is 0.477. The van der Waals surface area contributed by atoms with E-state index >= 15 is 0 Å². The van der Waals surface area contributed by atoms with Crippen LogP contribution in [-0.2, 0) is 4.74 Å². The minimum absolute atomic E-state index is 0.0303. The van der Waals surface area contributed by atoms with E-state index in [9.17, 15) is 18.4 Å². The van der Waals surface area contributed by atoms with Crippen molar-refractivity contribution in [1.82, 2.24) is 4.57 Å². The number of carbonyl (C=O) groups excluding carboxylic acids is 2. The Morgan fingerprint density at radius 2 is 1.62 bits per heavy atom. The molecule has 0 radical (unpaired) electrons. The molecule has 0 amide bonds. The number of benzene rings is 2. The van der Waals surface area contributed by atoms with Gasteiger partial charge in [0.1, 0.15) is 5.75 Å². The number of hydrogen-bond acceptors (Lipinski definition) is 4. The van der Waals surface area contributed by atoms with Gasteiger partial charge in [0.25, 0.3) is 0 Å². The molecule has 3 aromatic rings. The lowest BCUT2D eigenvalue weighted by Crippen LogP contribution is -2.25. The topological polar surface area (TPSA) is 57.5 Å². The van der Waals surface area contributed by atoms with Crippen LogP contribution in [0.25, 0.3) is 5.69 Å². The number of halogens is 4. The Morgan fingerprint density at radius 1 is 0.969 bits per heavy atom. The Kier molecular flexibility index (Phi) is 7.21. The summed E-state index contributed by atoms with van der Waals surface area (Å²) in [5.74, 6) is -1.13. The van der Waals surface area contributed by atoms with Crippen LogP contribution >= 0.6 is 23.2 Å². The Labute approximate surface area is 193 Å². The van der Waals surface area contributed by atoms with Crippen molar-refractivity contribution in [2.75, 3.05) is 0 Å². The first-order valence-electron chi connectivity index (χ1n) is 9.53. The lowest BCUT2D eigenvalue weighted by Gasteiger charge is -2.14. The first-order chi connectivity index (χ1) is 15.1. The summed E-state index contributed by atoms with van der Waals surface area (Å²) < 4.78 is 36.2. The standard InChI is InChI=1S/C23H19Cl2F2NO4/c1-12-10-18(13(2)28(12)16-5-7-17(8-6-16)32-23(26)27)21(29)14(3)31-22(30)19-11-15(24)4-9-20(19)25/h4-11,14,23H,1-3H3. The maximum atomic E-state index is 13.0. The molecular weight excluding hydrogens is 463 g/mol. The molecule has 168 valence electrons. The second-order valence-corrected chi connectivity index (χ2v) is 7.87. The van der Waals surface area contributed by atoms with Gasteiger partial charge in [-0.15, -0.1) is 0 Å². The third-order valence-corrected chi connectivity index (χ3v) is 5.38. The number of carbonyl (C=O) groups is 2. The van der Waals surface area contributed by atoms with Gasteiger partial charge in [-0.3, -0.25) is 4.79 Å². The van der Waals surface area contributed by atoms with Gasteiger partial charge in [-0.2, -0.15) is 8.78 Å². The Morgan fingerprint density at radius 3 is 2.25 bits per heavy atom. The second kappa shape index (κ2) is 9.71. The molecule has 0 aliphatic heterocycles. The molecule has 1 aromatic heterocycles. The first-order valence-corrected chi connectivity index (χ1v) is 10.3. The molecule has 0 aliphatic rings. The van der Waals surface area contributed by atoms with Gasteiger partial charge < -0.3 is 14.0 Å². The molecule has 1 heterocycles. The van der Waals surface area contributed by atoms with E-state index in [1.807, 2.05) is 0 Å².